The Bertz CT molecular complexity index is 264. The van der Waals surface area contributed by atoms with Gasteiger partial charge in [-0.1, -0.05) is 12.3 Å². The first kappa shape index (κ1) is 11.3. The average Bonchev–Trinajstić information content (AvgIpc) is 2.03. The van der Waals surface area contributed by atoms with Crippen molar-refractivity contribution in [1.82, 2.24) is 0 Å². The first-order chi connectivity index (χ1) is 5.61. The Morgan fingerprint density at radius 1 is 1.50 bits per heavy atom. The van der Waals surface area contributed by atoms with Crippen molar-refractivity contribution in [3.05, 3.63) is 23.6 Å². The van der Waals surface area contributed by atoms with Crippen molar-refractivity contribution in [3.63, 3.8) is 0 Å². The van der Waals surface area contributed by atoms with E-state index in [1.54, 1.807) is 11.8 Å². The van der Waals surface area contributed by atoms with Crippen molar-refractivity contribution in [2.24, 2.45) is 0 Å². The summed E-state index contributed by atoms with van der Waals surface area (Å²) < 4.78 is 1.92. The predicted octanol–water partition coefficient (Wildman–Crippen LogP) is 2.30. The molecule has 0 aromatic heterocycles. The second kappa shape index (κ2) is 5.91. The molecular weight excluding hydrogens is 166 g/mol. The summed E-state index contributed by atoms with van der Waals surface area (Å²) in [5.41, 5.74) is 5.05. The summed E-state index contributed by atoms with van der Waals surface area (Å²) in [6.07, 6.45) is 2.08. The summed E-state index contributed by atoms with van der Waals surface area (Å²) in [6.45, 7) is 7.61. The third-order valence-corrected chi connectivity index (χ3v) is 2.20. The Morgan fingerprint density at radius 2 is 2.08 bits per heavy atom. The topological polar surface area (TPSA) is 3.01 Å². The molecule has 0 saturated heterocycles. The fourth-order valence-electron chi connectivity index (χ4n) is 0.738. The minimum atomic E-state index is 0.996. The van der Waals surface area contributed by atoms with E-state index >= 15 is 0 Å². The first-order valence-electron chi connectivity index (χ1n) is 3.80. The number of hydrogen-bond donors (Lipinski definition) is 0. The van der Waals surface area contributed by atoms with Gasteiger partial charge >= 0.3 is 0 Å². The van der Waals surface area contributed by atoms with Crippen LogP contribution < -0.4 is 0 Å². The lowest BCUT2D eigenvalue weighted by Crippen LogP contribution is -2.01. The largest absolute Gasteiger partial charge is 0.230 e. The highest BCUT2D eigenvalue weighted by atomic mass is 32.2. The molecular formula is C10H16NS+. The van der Waals surface area contributed by atoms with Gasteiger partial charge in [-0.15, -0.1) is 4.58 Å². The monoisotopic (exact) mass is 182 g/mol. The molecule has 0 heterocycles. The fourth-order valence-corrected chi connectivity index (χ4v) is 1.24. The third kappa shape index (κ3) is 4.25. The SMILES string of the molecule is C=C=C(C)[N+](C)=C=C(C)CSC. The molecule has 0 fully saturated rings. The van der Waals surface area contributed by atoms with E-state index in [4.69, 9.17) is 0 Å². The number of rotatable bonds is 3. The Balaban J connectivity index is 4.74. The highest BCUT2D eigenvalue weighted by molar-refractivity contribution is 7.98. The molecule has 0 aliphatic rings. The smallest absolute Gasteiger partial charge is 0.160 e. The van der Waals surface area contributed by atoms with Crippen LogP contribution in [-0.2, 0) is 0 Å². The van der Waals surface area contributed by atoms with Gasteiger partial charge in [0.05, 0.1) is 0 Å². The lowest BCUT2D eigenvalue weighted by atomic mass is 10.4. The molecule has 66 valence electrons. The van der Waals surface area contributed by atoms with Gasteiger partial charge in [0.25, 0.3) is 0 Å². The molecule has 0 aromatic rings. The molecule has 0 aromatic carbocycles. The lowest BCUT2D eigenvalue weighted by Gasteiger charge is -1.89. The van der Waals surface area contributed by atoms with Crippen LogP contribution in [0, 0.1) is 0 Å². The van der Waals surface area contributed by atoms with E-state index in [0.717, 1.165) is 11.4 Å². The Labute approximate surface area is 79.2 Å². The van der Waals surface area contributed by atoms with Crippen LogP contribution in [0.1, 0.15) is 13.8 Å². The minimum absolute atomic E-state index is 0.996. The van der Waals surface area contributed by atoms with E-state index in [-0.39, 0.29) is 0 Å². The quantitative estimate of drug-likeness (QED) is 0.368. The van der Waals surface area contributed by atoms with Crippen LogP contribution in [0.2, 0.25) is 0 Å². The molecule has 0 atom stereocenters. The van der Waals surface area contributed by atoms with E-state index in [9.17, 15) is 0 Å². The number of thioether (sulfide) groups is 1. The van der Waals surface area contributed by atoms with E-state index in [1.807, 2.05) is 18.5 Å². The summed E-state index contributed by atoms with van der Waals surface area (Å²) in [7, 11) is 1.96. The highest BCUT2D eigenvalue weighted by Gasteiger charge is 1.97. The molecule has 1 nitrogen and oxygen atoms in total. The molecule has 0 N–H and O–H groups in total. The van der Waals surface area contributed by atoms with Crippen LogP contribution in [0.3, 0.4) is 0 Å². The second-order valence-electron chi connectivity index (χ2n) is 2.65. The average molecular weight is 182 g/mol. The zero-order chi connectivity index (χ0) is 9.56. The molecule has 0 aliphatic heterocycles. The van der Waals surface area contributed by atoms with Crippen molar-refractivity contribution in [3.8, 4) is 0 Å². The summed E-state index contributed by atoms with van der Waals surface area (Å²) in [4.78, 5) is 0. The lowest BCUT2D eigenvalue weighted by molar-refractivity contribution is -0.435. The molecule has 0 spiro atoms. The molecule has 0 saturated carbocycles. The van der Waals surface area contributed by atoms with Gasteiger partial charge in [-0.3, -0.25) is 0 Å². The van der Waals surface area contributed by atoms with Crippen molar-refractivity contribution in [1.29, 1.82) is 0 Å². The Hall–Kier alpha value is -0.680. The number of allylic oxidation sites excluding steroid dienone is 1. The third-order valence-electron chi connectivity index (χ3n) is 1.48. The zero-order valence-electron chi connectivity index (χ0n) is 8.27. The normalized spacial score (nSPS) is 8.33. The van der Waals surface area contributed by atoms with Crippen LogP contribution >= 0.6 is 11.8 Å². The van der Waals surface area contributed by atoms with Gasteiger partial charge in [0, 0.05) is 18.2 Å². The van der Waals surface area contributed by atoms with Gasteiger partial charge < -0.3 is 0 Å². The predicted molar refractivity (Wildman–Crippen MR) is 57.1 cm³/mol. The maximum Gasteiger partial charge on any atom is 0.230 e. The van der Waals surface area contributed by atoms with Gasteiger partial charge in [0.15, 0.2) is 5.87 Å². The summed E-state index contributed by atoms with van der Waals surface area (Å²) in [5, 5.41) is 0. The van der Waals surface area contributed by atoms with Crippen LogP contribution in [0.4, 0.5) is 0 Å². The van der Waals surface area contributed by atoms with E-state index in [2.05, 4.69) is 31.4 Å². The highest BCUT2D eigenvalue weighted by Crippen LogP contribution is 1.98. The van der Waals surface area contributed by atoms with Gasteiger partial charge in [-0.2, -0.15) is 11.8 Å². The van der Waals surface area contributed by atoms with Crippen molar-refractivity contribution >= 4 is 17.6 Å². The Morgan fingerprint density at radius 3 is 2.50 bits per heavy atom. The van der Waals surface area contributed by atoms with Crippen molar-refractivity contribution < 1.29 is 4.58 Å². The van der Waals surface area contributed by atoms with Crippen molar-refractivity contribution in [2.45, 2.75) is 13.8 Å². The van der Waals surface area contributed by atoms with Crippen LogP contribution in [0.5, 0.6) is 0 Å². The van der Waals surface area contributed by atoms with E-state index < -0.39 is 0 Å². The fraction of sp³-hybridized carbons (Fsp3) is 0.500. The molecule has 0 rings (SSSR count). The van der Waals surface area contributed by atoms with Gasteiger partial charge in [-0.25, -0.2) is 0 Å². The van der Waals surface area contributed by atoms with Crippen LogP contribution in [0.25, 0.3) is 0 Å². The first-order valence-corrected chi connectivity index (χ1v) is 5.19. The molecule has 12 heavy (non-hydrogen) atoms. The van der Waals surface area contributed by atoms with E-state index in [1.165, 1.54) is 5.57 Å². The standard InChI is InChI=1S/C10H16NS/c1-6-10(3)11(4)7-9(2)8-12-5/h1,8H2,2-5H3/q+1. The summed E-state index contributed by atoms with van der Waals surface area (Å²) in [6, 6.07) is 0. The summed E-state index contributed by atoms with van der Waals surface area (Å²) >= 11 is 1.80. The van der Waals surface area contributed by atoms with Gasteiger partial charge in [-0.05, 0) is 13.2 Å². The minimum Gasteiger partial charge on any atom is -0.160 e. The molecule has 0 amide bonds. The molecule has 0 radical (unpaired) electrons. The van der Waals surface area contributed by atoms with Crippen LogP contribution in [-0.4, -0.2) is 29.5 Å². The van der Waals surface area contributed by atoms with Crippen molar-refractivity contribution in [2.75, 3.05) is 19.1 Å². The maximum absolute atomic E-state index is 3.58. The Kier molecular flexibility index (Phi) is 5.57. The van der Waals surface area contributed by atoms with Crippen LogP contribution in [0.15, 0.2) is 23.6 Å². The zero-order valence-corrected chi connectivity index (χ0v) is 9.09. The van der Waals surface area contributed by atoms with Gasteiger partial charge in [0.2, 0.25) is 5.70 Å². The maximum atomic E-state index is 3.58. The van der Waals surface area contributed by atoms with E-state index in [0.29, 0.717) is 0 Å². The molecule has 0 aliphatic carbocycles. The summed E-state index contributed by atoms with van der Waals surface area (Å²) in [5.74, 6) is 4.24. The second-order valence-corrected chi connectivity index (χ2v) is 3.51. The molecule has 0 unspecified atom stereocenters. The number of nitrogens with zero attached hydrogens (tertiary/aromatic N) is 1. The number of hydrogen-bond acceptors (Lipinski definition) is 1. The molecule has 2 heteroatoms. The molecule has 0 bridgehead atoms. The van der Waals surface area contributed by atoms with Gasteiger partial charge in [0.1, 0.15) is 7.05 Å².